The zero-order valence-corrected chi connectivity index (χ0v) is 11.4. The predicted octanol–water partition coefficient (Wildman–Crippen LogP) is 3.94. The topological polar surface area (TPSA) is 42.0 Å². The Hall–Kier alpha value is -2.08. The first-order valence-corrected chi connectivity index (χ1v) is 6.29. The summed E-state index contributed by atoms with van der Waals surface area (Å²) in [4.78, 5) is 15.6. The molecule has 1 N–H and O–H groups in total. The Morgan fingerprint density at radius 3 is 2.48 bits per heavy atom. The van der Waals surface area contributed by atoms with Crippen molar-refractivity contribution in [3.05, 3.63) is 58.9 Å². The van der Waals surface area contributed by atoms with Crippen molar-refractivity contribution < 1.29 is 18.0 Å². The molecule has 3 nitrogen and oxygen atoms in total. The highest BCUT2D eigenvalue weighted by Crippen LogP contribution is 2.36. The lowest BCUT2D eigenvalue weighted by molar-refractivity contribution is -0.137. The molecule has 0 saturated heterocycles. The minimum absolute atomic E-state index is 0.0392. The van der Waals surface area contributed by atoms with E-state index in [1.54, 1.807) is 12.1 Å². The van der Waals surface area contributed by atoms with Gasteiger partial charge in [-0.25, -0.2) is 0 Å². The van der Waals surface area contributed by atoms with E-state index in [0.29, 0.717) is 5.56 Å². The van der Waals surface area contributed by atoms with Crippen LogP contribution in [0.25, 0.3) is 0 Å². The van der Waals surface area contributed by atoms with Crippen molar-refractivity contribution in [2.75, 3.05) is 5.32 Å². The zero-order chi connectivity index (χ0) is 15.5. The van der Waals surface area contributed by atoms with Gasteiger partial charge in [0.15, 0.2) is 0 Å². The summed E-state index contributed by atoms with van der Waals surface area (Å²) < 4.78 is 38.7. The molecule has 1 amide bonds. The molecule has 0 bridgehead atoms. The van der Waals surface area contributed by atoms with Gasteiger partial charge in [0.25, 0.3) is 0 Å². The van der Waals surface area contributed by atoms with Gasteiger partial charge in [-0.2, -0.15) is 13.2 Å². The van der Waals surface area contributed by atoms with Gasteiger partial charge in [-0.1, -0.05) is 11.6 Å². The highest BCUT2D eigenvalue weighted by atomic mass is 35.5. The number of carbonyl (C=O) groups is 1. The van der Waals surface area contributed by atoms with E-state index in [-0.39, 0.29) is 17.1 Å². The van der Waals surface area contributed by atoms with Crippen molar-refractivity contribution in [1.29, 1.82) is 0 Å². The summed E-state index contributed by atoms with van der Waals surface area (Å²) in [6, 6.07) is 6.44. The number of carbonyl (C=O) groups excluding carboxylic acids is 1. The van der Waals surface area contributed by atoms with Crippen molar-refractivity contribution in [3.63, 3.8) is 0 Å². The first-order chi connectivity index (χ1) is 9.86. The highest BCUT2D eigenvalue weighted by molar-refractivity contribution is 6.30. The van der Waals surface area contributed by atoms with Gasteiger partial charge < -0.3 is 5.32 Å². The molecule has 0 aliphatic rings. The number of hydrogen-bond acceptors (Lipinski definition) is 2. The minimum atomic E-state index is -4.59. The fourth-order valence-corrected chi connectivity index (χ4v) is 1.91. The number of anilines is 1. The molecule has 0 atom stereocenters. The maximum absolute atomic E-state index is 12.9. The van der Waals surface area contributed by atoms with Gasteiger partial charge in [-0.3, -0.25) is 9.78 Å². The molecule has 2 rings (SSSR count). The van der Waals surface area contributed by atoms with Crippen molar-refractivity contribution in [3.8, 4) is 0 Å². The molecule has 1 heterocycles. The Bertz CT molecular complexity index is 644. The average Bonchev–Trinajstić information content (AvgIpc) is 2.40. The van der Waals surface area contributed by atoms with Crippen LogP contribution in [0, 0.1) is 0 Å². The lowest BCUT2D eigenvalue weighted by Crippen LogP contribution is -2.18. The molecule has 0 aliphatic heterocycles. The number of halogens is 4. The summed E-state index contributed by atoms with van der Waals surface area (Å²) in [5.74, 6) is -0.547. The lowest BCUT2D eigenvalue weighted by atomic mass is 10.1. The number of hydrogen-bond donors (Lipinski definition) is 1. The quantitative estimate of drug-likeness (QED) is 0.932. The number of nitrogens with zero attached hydrogens (tertiary/aromatic N) is 1. The summed E-state index contributed by atoms with van der Waals surface area (Å²) in [7, 11) is 0. The molecule has 110 valence electrons. The van der Waals surface area contributed by atoms with Crippen LogP contribution in [-0.4, -0.2) is 10.9 Å². The molecule has 0 spiro atoms. The average molecular weight is 315 g/mol. The predicted molar refractivity (Wildman–Crippen MR) is 73.0 cm³/mol. The van der Waals surface area contributed by atoms with E-state index in [4.69, 9.17) is 11.6 Å². The second kappa shape index (κ2) is 6.13. The molecule has 7 heteroatoms. The number of aromatic nitrogens is 1. The molecular formula is C14H10ClF3N2O. The molecule has 0 unspecified atom stereocenters. The van der Waals surface area contributed by atoms with Crippen molar-refractivity contribution >= 4 is 23.2 Å². The number of alkyl halides is 3. The number of nitrogens with one attached hydrogen (secondary N) is 1. The third kappa shape index (κ3) is 4.19. The SMILES string of the molecule is O=C(Cc1ccncc1)Nc1ccc(Cl)cc1C(F)(F)F. The van der Waals surface area contributed by atoms with Crippen LogP contribution in [0.4, 0.5) is 18.9 Å². The Morgan fingerprint density at radius 1 is 1.19 bits per heavy atom. The number of rotatable bonds is 3. The number of benzene rings is 1. The Labute approximate surface area is 123 Å². The molecule has 2 aromatic rings. The molecule has 1 aromatic carbocycles. The molecule has 1 aromatic heterocycles. The molecular weight excluding hydrogens is 305 g/mol. The maximum Gasteiger partial charge on any atom is 0.418 e. The zero-order valence-electron chi connectivity index (χ0n) is 10.6. The van der Waals surface area contributed by atoms with Gasteiger partial charge in [0.2, 0.25) is 5.91 Å². The third-order valence-corrected chi connectivity index (χ3v) is 2.91. The summed E-state index contributed by atoms with van der Waals surface area (Å²) in [6.45, 7) is 0. The fraction of sp³-hybridized carbons (Fsp3) is 0.143. The second-order valence-corrected chi connectivity index (χ2v) is 4.70. The van der Waals surface area contributed by atoms with Gasteiger partial charge >= 0.3 is 6.18 Å². The lowest BCUT2D eigenvalue weighted by Gasteiger charge is -2.14. The Balaban J connectivity index is 2.18. The molecule has 0 fully saturated rings. The van der Waals surface area contributed by atoms with Gasteiger partial charge in [0, 0.05) is 17.4 Å². The van der Waals surface area contributed by atoms with Crippen LogP contribution in [0.2, 0.25) is 5.02 Å². The van der Waals surface area contributed by atoms with Gasteiger partial charge in [-0.05, 0) is 35.9 Å². The van der Waals surface area contributed by atoms with E-state index < -0.39 is 17.6 Å². The van der Waals surface area contributed by atoms with Gasteiger partial charge in [-0.15, -0.1) is 0 Å². The van der Waals surface area contributed by atoms with Crippen molar-refractivity contribution in [1.82, 2.24) is 4.98 Å². The third-order valence-electron chi connectivity index (χ3n) is 2.68. The number of pyridine rings is 1. The summed E-state index contributed by atoms with van der Waals surface area (Å²) >= 11 is 5.57. The van der Waals surface area contributed by atoms with Crippen LogP contribution in [0.3, 0.4) is 0 Å². The van der Waals surface area contributed by atoms with E-state index in [2.05, 4.69) is 10.3 Å². The van der Waals surface area contributed by atoms with Crippen LogP contribution in [0.1, 0.15) is 11.1 Å². The van der Waals surface area contributed by atoms with Crippen LogP contribution < -0.4 is 5.32 Å². The van der Waals surface area contributed by atoms with E-state index in [0.717, 1.165) is 12.1 Å². The van der Waals surface area contributed by atoms with Crippen LogP contribution in [0.5, 0.6) is 0 Å². The molecule has 21 heavy (non-hydrogen) atoms. The number of amides is 1. The largest absolute Gasteiger partial charge is 0.418 e. The highest BCUT2D eigenvalue weighted by Gasteiger charge is 2.34. The van der Waals surface area contributed by atoms with E-state index in [1.165, 1.54) is 18.5 Å². The maximum atomic E-state index is 12.9. The van der Waals surface area contributed by atoms with Crippen LogP contribution >= 0.6 is 11.6 Å². The molecule has 0 radical (unpaired) electrons. The van der Waals surface area contributed by atoms with Crippen LogP contribution in [-0.2, 0) is 17.4 Å². The van der Waals surface area contributed by atoms with Crippen LogP contribution in [0.15, 0.2) is 42.7 Å². The summed E-state index contributed by atoms with van der Waals surface area (Å²) in [5.41, 5.74) is -0.631. The summed E-state index contributed by atoms with van der Waals surface area (Å²) in [6.07, 6.45) is -1.62. The molecule has 0 aliphatic carbocycles. The van der Waals surface area contributed by atoms with E-state index >= 15 is 0 Å². The van der Waals surface area contributed by atoms with Crippen molar-refractivity contribution in [2.45, 2.75) is 12.6 Å². The monoisotopic (exact) mass is 314 g/mol. The summed E-state index contributed by atoms with van der Waals surface area (Å²) in [5, 5.41) is 2.21. The smallest absolute Gasteiger partial charge is 0.325 e. The first-order valence-electron chi connectivity index (χ1n) is 5.92. The Morgan fingerprint density at radius 2 is 1.86 bits per heavy atom. The molecule has 0 saturated carbocycles. The van der Waals surface area contributed by atoms with E-state index in [9.17, 15) is 18.0 Å². The van der Waals surface area contributed by atoms with Crippen molar-refractivity contribution in [2.24, 2.45) is 0 Å². The van der Waals surface area contributed by atoms with Gasteiger partial charge in [0.05, 0.1) is 17.7 Å². The van der Waals surface area contributed by atoms with E-state index in [1.807, 2.05) is 0 Å². The fourth-order valence-electron chi connectivity index (χ4n) is 1.74. The second-order valence-electron chi connectivity index (χ2n) is 4.27. The normalized spacial score (nSPS) is 11.2. The first kappa shape index (κ1) is 15.3. The minimum Gasteiger partial charge on any atom is -0.325 e. The van der Waals surface area contributed by atoms with Gasteiger partial charge in [0.1, 0.15) is 0 Å². The standard InChI is InChI=1S/C14H10ClF3N2O/c15-10-1-2-12(11(8-10)14(16,17)18)20-13(21)7-9-3-5-19-6-4-9/h1-6,8H,7H2,(H,20,21). The Kier molecular flexibility index (Phi) is 4.47.